The van der Waals surface area contributed by atoms with E-state index >= 15 is 0 Å². The summed E-state index contributed by atoms with van der Waals surface area (Å²) in [5.74, 6) is 0. The van der Waals surface area contributed by atoms with Gasteiger partial charge in [0.2, 0.25) is 0 Å². The zero-order valence-corrected chi connectivity index (χ0v) is 10.0. The largest absolute Gasteiger partial charge is 0.314 e. The summed E-state index contributed by atoms with van der Waals surface area (Å²) in [6.45, 7) is 5.29. The highest BCUT2D eigenvalue weighted by Crippen LogP contribution is 2.13. The van der Waals surface area contributed by atoms with E-state index in [1.165, 1.54) is 77.5 Å². The van der Waals surface area contributed by atoms with Crippen molar-refractivity contribution in [2.75, 3.05) is 26.2 Å². The molecule has 2 aliphatic heterocycles. The molecule has 88 valence electrons. The summed E-state index contributed by atoms with van der Waals surface area (Å²) >= 11 is 0. The molecule has 1 N–H and O–H groups in total. The van der Waals surface area contributed by atoms with Crippen LogP contribution in [0.15, 0.2) is 0 Å². The lowest BCUT2D eigenvalue weighted by molar-refractivity contribution is 0.254. The molecule has 0 unspecified atom stereocenters. The van der Waals surface area contributed by atoms with Crippen molar-refractivity contribution in [1.29, 1.82) is 0 Å². The highest BCUT2D eigenvalue weighted by molar-refractivity contribution is 4.74. The van der Waals surface area contributed by atoms with E-state index in [-0.39, 0.29) is 0 Å². The Labute approximate surface area is 94.4 Å². The van der Waals surface area contributed by atoms with Crippen molar-refractivity contribution < 1.29 is 0 Å². The molecule has 2 saturated heterocycles. The van der Waals surface area contributed by atoms with Gasteiger partial charge in [-0.3, -0.25) is 0 Å². The minimum absolute atomic E-state index is 0.821. The normalized spacial score (nSPS) is 30.0. The van der Waals surface area contributed by atoms with E-state index in [4.69, 9.17) is 0 Å². The Morgan fingerprint density at radius 1 is 0.933 bits per heavy atom. The first-order chi connectivity index (χ1) is 7.45. The summed E-state index contributed by atoms with van der Waals surface area (Å²) in [7, 11) is 0. The topological polar surface area (TPSA) is 15.3 Å². The monoisotopic (exact) mass is 210 g/mol. The van der Waals surface area contributed by atoms with Gasteiger partial charge >= 0.3 is 0 Å². The van der Waals surface area contributed by atoms with Gasteiger partial charge in [-0.15, -0.1) is 0 Å². The molecule has 2 heteroatoms. The Balaban J connectivity index is 1.62. The molecule has 0 bridgehead atoms. The molecule has 0 radical (unpaired) electrons. The van der Waals surface area contributed by atoms with E-state index < -0.39 is 0 Å². The van der Waals surface area contributed by atoms with E-state index in [1.54, 1.807) is 0 Å². The molecule has 0 saturated carbocycles. The minimum Gasteiger partial charge on any atom is -0.314 e. The van der Waals surface area contributed by atoms with Gasteiger partial charge in [0.1, 0.15) is 0 Å². The van der Waals surface area contributed by atoms with Crippen molar-refractivity contribution in [1.82, 2.24) is 10.2 Å². The fourth-order valence-corrected chi connectivity index (χ4v) is 2.87. The number of piperidine rings is 1. The molecular formula is C13H26N2. The van der Waals surface area contributed by atoms with Gasteiger partial charge in [0.05, 0.1) is 0 Å². The van der Waals surface area contributed by atoms with Crippen LogP contribution in [-0.4, -0.2) is 37.1 Å². The highest BCUT2D eigenvalue weighted by Gasteiger charge is 2.14. The van der Waals surface area contributed by atoms with E-state index in [0.29, 0.717) is 0 Å². The van der Waals surface area contributed by atoms with E-state index in [9.17, 15) is 0 Å². The van der Waals surface area contributed by atoms with Crippen LogP contribution in [0.5, 0.6) is 0 Å². The van der Waals surface area contributed by atoms with Gasteiger partial charge in [-0.1, -0.05) is 19.3 Å². The summed E-state index contributed by atoms with van der Waals surface area (Å²) in [4.78, 5) is 2.68. The van der Waals surface area contributed by atoms with Gasteiger partial charge in [-0.2, -0.15) is 0 Å². The number of nitrogens with one attached hydrogen (secondary N) is 1. The zero-order chi connectivity index (χ0) is 10.3. The number of nitrogens with zero attached hydrogens (tertiary/aromatic N) is 1. The Kier molecular flexibility index (Phi) is 4.94. The lowest BCUT2D eigenvalue weighted by Gasteiger charge is -2.27. The van der Waals surface area contributed by atoms with Crippen molar-refractivity contribution in [2.45, 2.75) is 57.4 Å². The van der Waals surface area contributed by atoms with Crippen LogP contribution in [-0.2, 0) is 0 Å². The first-order valence-electron chi connectivity index (χ1n) is 6.91. The second kappa shape index (κ2) is 6.49. The van der Waals surface area contributed by atoms with Gasteiger partial charge in [-0.25, -0.2) is 0 Å². The third-order valence-electron chi connectivity index (χ3n) is 3.90. The van der Waals surface area contributed by atoms with Gasteiger partial charge in [-0.05, 0) is 58.3 Å². The van der Waals surface area contributed by atoms with E-state index in [0.717, 1.165) is 6.04 Å². The lowest BCUT2D eigenvalue weighted by atomic mass is 10.0. The van der Waals surface area contributed by atoms with Crippen LogP contribution in [0, 0.1) is 0 Å². The Morgan fingerprint density at radius 3 is 2.40 bits per heavy atom. The van der Waals surface area contributed by atoms with Crippen molar-refractivity contribution in [3.8, 4) is 0 Å². The maximum atomic E-state index is 3.65. The summed E-state index contributed by atoms with van der Waals surface area (Å²) in [5.41, 5.74) is 0. The van der Waals surface area contributed by atoms with Gasteiger partial charge in [0.15, 0.2) is 0 Å². The summed E-state index contributed by atoms with van der Waals surface area (Å²) < 4.78 is 0. The molecule has 2 fully saturated rings. The number of hydrogen-bond donors (Lipinski definition) is 1. The molecule has 0 amide bonds. The van der Waals surface area contributed by atoms with Gasteiger partial charge < -0.3 is 10.2 Å². The molecule has 0 aromatic heterocycles. The van der Waals surface area contributed by atoms with Crippen molar-refractivity contribution in [3.63, 3.8) is 0 Å². The maximum Gasteiger partial charge on any atom is 0.00792 e. The van der Waals surface area contributed by atoms with Crippen LogP contribution >= 0.6 is 0 Å². The number of likely N-dealkylation sites (tertiary alicyclic amines) is 1. The fraction of sp³-hybridized carbons (Fsp3) is 1.00. The molecule has 0 spiro atoms. The van der Waals surface area contributed by atoms with Crippen LogP contribution in [0.1, 0.15) is 51.4 Å². The molecule has 2 heterocycles. The summed E-state index contributed by atoms with van der Waals surface area (Å²) in [6, 6.07) is 0.821. The Hall–Kier alpha value is -0.0800. The molecule has 0 aliphatic carbocycles. The minimum atomic E-state index is 0.821. The predicted molar refractivity (Wildman–Crippen MR) is 65.2 cm³/mol. The van der Waals surface area contributed by atoms with Crippen LogP contribution in [0.2, 0.25) is 0 Å². The van der Waals surface area contributed by atoms with Crippen LogP contribution in [0.3, 0.4) is 0 Å². The predicted octanol–water partition coefficient (Wildman–Crippen LogP) is 2.39. The summed E-state index contributed by atoms with van der Waals surface area (Å²) in [6.07, 6.45) is 11.4. The first-order valence-corrected chi connectivity index (χ1v) is 6.91. The molecule has 0 aromatic carbocycles. The van der Waals surface area contributed by atoms with Crippen molar-refractivity contribution in [2.24, 2.45) is 0 Å². The zero-order valence-electron chi connectivity index (χ0n) is 10.0. The van der Waals surface area contributed by atoms with Gasteiger partial charge in [0.25, 0.3) is 0 Å². The average molecular weight is 210 g/mol. The standard InChI is InChI=1S/C13H26N2/c1-2-6-11-15(10-5-1)12-8-13-7-3-4-9-14-13/h13-14H,1-12H2/t13-/m0/s1. The molecule has 15 heavy (non-hydrogen) atoms. The first kappa shape index (κ1) is 11.4. The second-order valence-electron chi connectivity index (χ2n) is 5.19. The second-order valence-corrected chi connectivity index (χ2v) is 5.19. The van der Waals surface area contributed by atoms with Crippen molar-refractivity contribution in [3.05, 3.63) is 0 Å². The molecular weight excluding hydrogens is 184 g/mol. The third-order valence-corrected chi connectivity index (χ3v) is 3.90. The van der Waals surface area contributed by atoms with Crippen molar-refractivity contribution >= 4 is 0 Å². The molecule has 2 aliphatic rings. The van der Waals surface area contributed by atoms with Crippen LogP contribution in [0.4, 0.5) is 0 Å². The third kappa shape index (κ3) is 4.12. The average Bonchev–Trinajstić information content (AvgIpc) is 2.56. The Bertz CT molecular complexity index is 156. The Morgan fingerprint density at radius 2 is 1.73 bits per heavy atom. The highest BCUT2D eigenvalue weighted by atomic mass is 15.1. The number of hydrogen-bond acceptors (Lipinski definition) is 2. The molecule has 2 nitrogen and oxygen atoms in total. The quantitative estimate of drug-likeness (QED) is 0.769. The summed E-state index contributed by atoms with van der Waals surface area (Å²) in [5, 5.41) is 3.65. The smallest absolute Gasteiger partial charge is 0.00792 e. The van der Waals surface area contributed by atoms with E-state index in [2.05, 4.69) is 10.2 Å². The van der Waals surface area contributed by atoms with Gasteiger partial charge in [0, 0.05) is 6.04 Å². The van der Waals surface area contributed by atoms with Crippen LogP contribution < -0.4 is 5.32 Å². The molecule has 2 rings (SSSR count). The fourth-order valence-electron chi connectivity index (χ4n) is 2.87. The maximum absolute atomic E-state index is 3.65. The lowest BCUT2D eigenvalue weighted by Crippen LogP contribution is -2.37. The SMILES string of the molecule is C1CCCN(CC[C@@H]2CCCCN2)CC1. The van der Waals surface area contributed by atoms with E-state index in [1.807, 2.05) is 0 Å². The number of rotatable bonds is 3. The molecule has 0 aromatic rings. The van der Waals surface area contributed by atoms with Crippen LogP contribution in [0.25, 0.3) is 0 Å². The molecule has 1 atom stereocenters.